The Kier molecular flexibility index (Phi) is 8.14. The van der Waals surface area contributed by atoms with Gasteiger partial charge in [0.15, 0.2) is 0 Å². The number of nitrogens with one attached hydrogen (secondary N) is 2. The highest BCUT2D eigenvalue weighted by Gasteiger charge is 2.38. The molecule has 2 atom stereocenters. The minimum absolute atomic E-state index is 0.0163. The van der Waals surface area contributed by atoms with Gasteiger partial charge in [0.2, 0.25) is 0 Å². The molecular weight excluding hydrogens is 430 g/mol. The van der Waals surface area contributed by atoms with E-state index in [1.165, 1.54) is 16.2 Å². The van der Waals surface area contributed by atoms with Crippen LogP contribution in [-0.2, 0) is 9.53 Å². The third-order valence-corrected chi connectivity index (χ3v) is 6.52. The van der Waals surface area contributed by atoms with Crippen molar-refractivity contribution in [3.05, 3.63) is 33.7 Å². The Hall–Kier alpha value is -2.59. The van der Waals surface area contributed by atoms with Crippen molar-refractivity contribution in [2.45, 2.75) is 39.3 Å². The van der Waals surface area contributed by atoms with Crippen LogP contribution in [0.2, 0.25) is 0 Å². The zero-order chi connectivity index (χ0) is 23.3. The molecule has 10 heteroatoms. The van der Waals surface area contributed by atoms with Crippen LogP contribution >= 0.6 is 11.3 Å². The molecule has 176 valence electrons. The summed E-state index contributed by atoms with van der Waals surface area (Å²) in [6.07, 6.45) is 0.893. The second-order valence-electron chi connectivity index (χ2n) is 8.09. The number of carbonyl (C=O) groups excluding carboxylic acids is 3. The number of likely N-dealkylation sites (N-methyl/N-ethyl adjacent to an activating group) is 1. The Balaban J connectivity index is 1.84. The number of esters is 1. The van der Waals surface area contributed by atoms with Gasteiger partial charge in [-0.1, -0.05) is 6.92 Å². The van der Waals surface area contributed by atoms with Crippen LogP contribution in [0.4, 0.5) is 9.59 Å². The second-order valence-corrected chi connectivity index (χ2v) is 8.87. The van der Waals surface area contributed by atoms with E-state index in [0.717, 1.165) is 12.0 Å². The summed E-state index contributed by atoms with van der Waals surface area (Å²) < 4.78 is 5.37. The van der Waals surface area contributed by atoms with Crippen LogP contribution in [0.5, 0.6) is 0 Å². The Labute approximate surface area is 193 Å². The Bertz CT molecular complexity index is 857. The minimum Gasteiger partial charge on any atom is -0.463 e. The molecule has 0 saturated carbocycles. The van der Waals surface area contributed by atoms with E-state index in [-0.39, 0.29) is 24.7 Å². The van der Waals surface area contributed by atoms with Crippen molar-refractivity contribution >= 4 is 29.4 Å². The average molecular weight is 464 g/mol. The molecule has 2 aliphatic rings. The fourth-order valence-electron chi connectivity index (χ4n) is 4.11. The Morgan fingerprint density at radius 3 is 2.72 bits per heavy atom. The highest BCUT2D eigenvalue weighted by Crippen LogP contribution is 2.32. The van der Waals surface area contributed by atoms with E-state index in [1.54, 1.807) is 14.0 Å². The quantitative estimate of drug-likeness (QED) is 0.606. The van der Waals surface area contributed by atoms with Gasteiger partial charge in [-0.15, -0.1) is 0 Å². The number of rotatable bonds is 7. The SMILES string of the molecule is CCCNC(=O)N1CCN(CC2=C(C(=O)OCC)[C@H](c3ccsc3)NC(=O)N2C)C[C@H]1C. The van der Waals surface area contributed by atoms with Crippen LogP contribution in [0.25, 0.3) is 0 Å². The number of thiophene rings is 1. The van der Waals surface area contributed by atoms with Gasteiger partial charge < -0.3 is 20.3 Å². The molecule has 1 saturated heterocycles. The van der Waals surface area contributed by atoms with Gasteiger partial charge in [0.05, 0.1) is 18.2 Å². The normalized spacial score (nSPS) is 22.1. The minimum atomic E-state index is -0.544. The number of ether oxygens (including phenoxy) is 1. The number of nitrogens with zero attached hydrogens (tertiary/aromatic N) is 3. The molecule has 3 heterocycles. The molecule has 3 rings (SSSR count). The third kappa shape index (κ3) is 5.24. The largest absolute Gasteiger partial charge is 0.463 e. The molecule has 0 aliphatic carbocycles. The van der Waals surface area contributed by atoms with E-state index < -0.39 is 12.0 Å². The summed E-state index contributed by atoms with van der Waals surface area (Å²) in [5.74, 6) is -0.420. The molecule has 0 spiro atoms. The van der Waals surface area contributed by atoms with Crippen LogP contribution < -0.4 is 10.6 Å². The number of piperazine rings is 1. The molecule has 32 heavy (non-hydrogen) atoms. The summed E-state index contributed by atoms with van der Waals surface area (Å²) in [6, 6.07) is 1.08. The van der Waals surface area contributed by atoms with Crippen LogP contribution in [-0.4, -0.2) is 85.2 Å². The van der Waals surface area contributed by atoms with Crippen molar-refractivity contribution in [1.29, 1.82) is 0 Å². The van der Waals surface area contributed by atoms with Crippen molar-refractivity contribution in [3.8, 4) is 0 Å². The number of amides is 4. The highest BCUT2D eigenvalue weighted by molar-refractivity contribution is 7.08. The van der Waals surface area contributed by atoms with Crippen molar-refractivity contribution in [1.82, 2.24) is 25.3 Å². The molecule has 1 aromatic rings. The molecule has 0 bridgehead atoms. The molecule has 1 fully saturated rings. The number of hydrogen-bond acceptors (Lipinski definition) is 6. The number of carbonyl (C=O) groups is 3. The van der Waals surface area contributed by atoms with Gasteiger partial charge in [-0.2, -0.15) is 11.3 Å². The zero-order valence-corrected chi connectivity index (χ0v) is 20.0. The topological polar surface area (TPSA) is 94.2 Å². The summed E-state index contributed by atoms with van der Waals surface area (Å²) in [7, 11) is 1.67. The summed E-state index contributed by atoms with van der Waals surface area (Å²) >= 11 is 1.51. The predicted molar refractivity (Wildman–Crippen MR) is 123 cm³/mol. The molecule has 0 radical (unpaired) electrons. The lowest BCUT2D eigenvalue weighted by atomic mass is 9.96. The fraction of sp³-hybridized carbons (Fsp3) is 0.591. The van der Waals surface area contributed by atoms with Gasteiger partial charge in [-0.3, -0.25) is 9.80 Å². The molecule has 2 aliphatic heterocycles. The van der Waals surface area contributed by atoms with Crippen molar-refractivity contribution in [3.63, 3.8) is 0 Å². The van der Waals surface area contributed by atoms with Crippen LogP contribution in [0.3, 0.4) is 0 Å². The summed E-state index contributed by atoms with van der Waals surface area (Å²) in [5.41, 5.74) is 1.96. The molecule has 1 aromatic heterocycles. The smallest absolute Gasteiger partial charge is 0.338 e. The third-order valence-electron chi connectivity index (χ3n) is 5.82. The molecule has 2 N–H and O–H groups in total. The number of urea groups is 2. The lowest BCUT2D eigenvalue weighted by Gasteiger charge is -2.42. The average Bonchev–Trinajstić information content (AvgIpc) is 3.30. The van der Waals surface area contributed by atoms with E-state index in [4.69, 9.17) is 4.74 Å². The van der Waals surface area contributed by atoms with Crippen molar-refractivity contribution in [2.75, 3.05) is 46.4 Å². The van der Waals surface area contributed by atoms with Gasteiger partial charge in [-0.05, 0) is 42.7 Å². The summed E-state index contributed by atoms with van der Waals surface area (Å²) in [5, 5.41) is 9.72. The van der Waals surface area contributed by atoms with E-state index in [0.29, 0.717) is 44.0 Å². The van der Waals surface area contributed by atoms with Gasteiger partial charge in [0, 0.05) is 51.5 Å². The van der Waals surface area contributed by atoms with E-state index in [2.05, 4.69) is 15.5 Å². The summed E-state index contributed by atoms with van der Waals surface area (Å²) in [4.78, 5) is 43.7. The Morgan fingerprint density at radius 1 is 1.31 bits per heavy atom. The maximum absolute atomic E-state index is 13.0. The molecular formula is C22H33N5O4S. The van der Waals surface area contributed by atoms with E-state index >= 15 is 0 Å². The van der Waals surface area contributed by atoms with Crippen molar-refractivity contribution in [2.24, 2.45) is 0 Å². The second kappa shape index (κ2) is 10.8. The summed E-state index contributed by atoms with van der Waals surface area (Å²) in [6.45, 7) is 9.04. The first-order chi connectivity index (χ1) is 15.4. The van der Waals surface area contributed by atoms with Crippen LogP contribution in [0, 0.1) is 0 Å². The zero-order valence-electron chi connectivity index (χ0n) is 19.2. The maximum Gasteiger partial charge on any atom is 0.338 e. The predicted octanol–water partition coefficient (Wildman–Crippen LogP) is 2.39. The molecule has 0 unspecified atom stereocenters. The lowest BCUT2D eigenvalue weighted by molar-refractivity contribution is -0.139. The standard InChI is InChI=1S/C22H33N5O4S/c1-5-8-23-21(29)27-10-9-26(12-15(27)3)13-17-18(20(28)31-6-2)19(16-7-11-32-14-16)24-22(30)25(17)4/h7,11,14-15,19H,5-6,8-10,12-13H2,1-4H3,(H,23,29)(H,24,30)/t15-,19+/m1/s1. The fourth-order valence-corrected chi connectivity index (χ4v) is 4.80. The molecule has 9 nitrogen and oxygen atoms in total. The van der Waals surface area contributed by atoms with Crippen LogP contribution in [0.15, 0.2) is 28.1 Å². The lowest BCUT2D eigenvalue weighted by Crippen LogP contribution is -2.58. The van der Waals surface area contributed by atoms with Gasteiger partial charge in [-0.25, -0.2) is 14.4 Å². The maximum atomic E-state index is 13.0. The first-order valence-electron chi connectivity index (χ1n) is 11.1. The molecule has 0 aromatic carbocycles. The monoisotopic (exact) mass is 463 g/mol. The van der Waals surface area contributed by atoms with Gasteiger partial charge >= 0.3 is 18.0 Å². The van der Waals surface area contributed by atoms with Crippen LogP contribution in [0.1, 0.15) is 38.8 Å². The molecule has 4 amide bonds. The highest BCUT2D eigenvalue weighted by atomic mass is 32.1. The van der Waals surface area contributed by atoms with E-state index in [9.17, 15) is 14.4 Å². The van der Waals surface area contributed by atoms with Crippen molar-refractivity contribution < 1.29 is 19.1 Å². The first kappa shape index (κ1) is 24.1. The Morgan fingerprint density at radius 2 is 2.09 bits per heavy atom. The first-order valence-corrected chi connectivity index (χ1v) is 12.0. The number of hydrogen-bond donors (Lipinski definition) is 2. The van der Waals surface area contributed by atoms with Gasteiger partial charge in [0.1, 0.15) is 0 Å². The van der Waals surface area contributed by atoms with Gasteiger partial charge in [0.25, 0.3) is 0 Å². The van der Waals surface area contributed by atoms with E-state index in [1.807, 2.05) is 35.6 Å².